The molecule has 1 saturated heterocycles. The van der Waals surface area contributed by atoms with Gasteiger partial charge in [-0.1, -0.05) is 29.8 Å². The Labute approximate surface area is 142 Å². The van der Waals surface area contributed by atoms with Crippen LogP contribution in [-0.2, 0) is 0 Å². The molecule has 1 aromatic rings. The van der Waals surface area contributed by atoms with Gasteiger partial charge in [0.1, 0.15) is 0 Å². The zero-order chi connectivity index (χ0) is 16.6. The largest absolute Gasteiger partial charge is 0.388 e. The molecule has 0 spiro atoms. The zero-order valence-corrected chi connectivity index (χ0v) is 14.5. The van der Waals surface area contributed by atoms with E-state index in [2.05, 4.69) is 11.4 Å². The molecular weight excluding hydrogens is 312 g/mol. The van der Waals surface area contributed by atoms with Crippen molar-refractivity contribution >= 4 is 17.6 Å². The van der Waals surface area contributed by atoms with Crippen LogP contribution >= 0.6 is 11.6 Å². The fourth-order valence-electron chi connectivity index (χ4n) is 3.80. The Kier molecular flexibility index (Phi) is 4.56. The van der Waals surface area contributed by atoms with E-state index >= 15 is 0 Å². The predicted molar refractivity (Wildman–Crippen MR) is 91.8 cm³/mol. The number of benzene rings is 1. The van der Waals surface area contributed by atoms with Crippen LogP contribution in [0.4, 0.5) is 4.79 Å². The highest BCUT2D eigenvalue weighted by atomic mass is 35.5. The van der Waals surface area contributed by atoms with Crippen molar-refractivity contribution in [1.82, 2.24) is 10.2 Å². The summed E-state index contributed by atoms with van der Waals surface area (Å²) in [5.74, 6) is 0.428. The minimum atomic E-state index is -0.854. The minimum absolute atomic E-state index is 0.0442. The Morgan fingerprint density at radius 2 is 2.04 bits per heavy atom. The summed E-state index contributed by atoms with van der Waals surface area (Å²) >= 11 is 6.23. The molecule has 0 radical (unpaired) electrons. The molecule has 1 atom stereocenters. The maximum atomic E-state index is 12.5. The second-order valence-corrected chi connectivity index (χ2v) is 7.75. The molecule has 2 N–H and O–H groups in total. The van der Waals surface area contributed by atoms with Gasteiger partial charge < -0.3 is 15.3 Å². The lowest BCUT2D eigenvalue weighted by Gasteiger charge is -2.39. The second-order valence-electron chi connectivity index (χ2n) is 7.34. The van der Waals surface area contributed by atoms with Crippen molar-refractivity contribution in [1.29, 1.82) is 0 Å². The zero-order valence-electron chi connectivity index (χ0n) is 13.8. The minimum Gasteiger partial charge on any atom is -0.388 e. The van der Waals surface area contributed by atoms with Crippen molar-refractivity contribution in [3.63, 3.8) is 0 Å². The molecule has 0 bridgehead atoms. The number of hydrogen-bond donors (Lipinski definition) is 2. The summed E-state index contributed by atoms with van der Waals surface area (Å²) in [6.45, 7) is 4.28. The van der Waals surface area contributed by atoms with Crippen LogP contribution in [0.2, 0.25) is 5.02 Å². The molecule has 1 aliphatic heterocycles. The van der Waals surface area contributed by atoms with E-state index in [1.165, 1.54) is 5.56 Å². The number of halogens is 1. The van der Waals surface area contributed by atoms with E-state index in [9.17, 15) is 9.90 Å². The number of likely N-dealkylation sites (tertiary alicyclic amines) is 1. The number of amides is 2. The number of aliphatic hydroxyl groups is 1. The van der Waals surface area contributed by atoms with Gasteiger partial charge in [0.15, 0.2) is 0 Å². The van der Waals surface area contributed by atoms with Crippen molar-refractivity contribution < 1.29 is 9.90 Å². The number of rotatable bonds is 3. The van der Waals surface area contributed by atoms with Gasteiger partial charge in [-0.15, -0.1) is 0 Å². The van der Waals surface area contributed by atoms with Gasteiger partial charge >= 0.3 is 6.03 Å². The molecule has 1 heterocycles. The van der Waals surface area contributed by atoms with Crippen LogP contribution in [0.3, 0.4) is 0 Å². The summed E-state index contributed by atoms with van der Waals surface area (Å²) in [6.07, 6.45) is 3.67. The molecule has 126 valence electrons. The fourth-order valence-corrected chi connectivity index (χ4v) is 4.09. The van der Waals surface area contributed by atoms with Crippen LogP contribution in [0.5, 0.6) is 0 Å². The van der Waals surface area contributed by atoms with Crippen LogP contribution in [0, 0.1) is 0 Å². The Morgan fingerprint density at radius 1 is 1.35 bits per heavy atom. The first-order chi connectivity index (χ1) is 10.9. The second kappa shape index (κ2) is 6.33. The number of hydrogen-bond acceptors (Lipinski definition) is 2. The lowest BCUT2D eigenvalue weighted by molar-refractivity contribution is 0.00896. The highest BCUT2D eigenvalue weighted by molar-refractivity contribution is 6.31. The summed E-state index contributed by atoms with van der Waals surface area (Å²) in [4.78, 5) is 14.3. The molecular formula is C18H25ClN2O2. The molecule has 1 aliphatic carbocycles. The molecule has 2 amide bonds. The van der Waals surface area contributed by atoms with Gasteiger partial charge in [0.25, 0.3) is 0 Å². The van der Waals surface area contributed by atoms with Crippen molar-refractivity contribution in [3.8, 4) is 0 Å². The van der Waals surface area contributed by atoms with Crippen LogP contribution < -0.4 is 5.32 Å². The van der Waals surface area contributed by atoms with E-state index < -0.39 is 5.60 Å². The maximum Gasteiger partial charge on any atom is 0.317 e. The summed E-state index contributed by atoms with van der Waals surface area (Å²) in [5, 5.41) is 14.1. The van der Waals surface area contributed by atoms with Crippen LogP contribution in [0.15, 0.2) is 24.3 Å². The first-order valence-corrected chi connectivity index (χ1v) is 8.78. The van der Waals surface area contributed by atoms with E-state index in [4.69, 9.17) is 11.6 Å². The molecule has 23 heavy (non-hydrogen) atoms. The third kappa shape index (κ3) is 3.48. The molecule has 5 heteroatoms. The third-order valence-corrected chi connectivity index (χ3v) is 5.48. The monoisotopic (exact) mass is 336 g/mol. The number of nitrogens with one attached hydrogen (secondary N) is 1. The Hall–Kier alpha value is -1.26. The van der Waals surface area contributed by atoms with Gasteiger partial charge in [-0.2, -0.15) is 0 Å². The number of carbonyl (C=O) groups excluding carboxylic acids is 1. The quantitative estimate of drug-likeness (QED) is 0.887. The van der Waals surface area contributed by atoms with E-state index in [1.807, 2.05) is 18.2 Å². The smallest absolute Gasteiger partial charge is 0.317 e. The van der Waals surface area contributed by atoms with Gasteiger partial charge in [-0.3, -0.25) is 0 Å². The van der Waals surface area contributed by atoms with E-state index in [0.29, 0.717) is 5.92 Å². The van der Waals surface area contributed by atoms with Gasteiger partial charge in [0, 0.05) is 17.6 Å². The van der Waals surface area contributed by atoms with Crippen LogP contribution in [0.25, 0.3) is 0 Å². The van der Waals surface area contributed by atoms with E-state index in [1.54, 1.807) is 18.7 Å². The van der Waals surface area contributed by atoms with Crippen LogP contribution in [0.1, 0.15) is 51.0 Å². The maximum absolute atomic E-state index is 12.5. The summed E-state index contributed by atoms with van der Waals surface area (Å²) < 4.78 is 0. The molecule has 1 saturated carbocycles. The van der Waals surface area contributed by atoms with Crippen molar-refractivity contribution in [3.05, 3.63) is 34.9 Å². The summed E-state index contributed by atoms with van der Waals surface area (Å²) in [7, 11) is 0. The van der Waals surface area contributed by atoms with E-state index in [0.717, 1.165) is 37.3 Å². The van der Waals surface area contributed by atoms with Crippen molar-refractivity contribution in [2.75, 3.05) is 6.54 Å². The normalized spacial score (nSPS) is 27.7. The highest BCUT2D eigenvalue weighted by Gasteiger charge is 2.40. The Morgan fingerprint density at radius 3 is 2.70 bits per heavy atom. The molecule has 0 aromatic heterocycles. The Bertz CT molecular complexity index is 579. The van der Waals surface area contributed by atoms with Gasteiger partial charge in [0.2, 0.25) is 0 Å². The molecule has 1 unspecified atom stereocenters. The van der Waals surface area contributed by atoms with Gasteiger partial charge in [-0.25, -0.2) is 4.79 Å². The average molecular weight is 337 g/mol. The molecule has 4 nitrogen and oxygen atoms in total. The molecule has 3 rings (SSSR count). The SMILES string of the molecule is CC(C)(O)C1CCCN1C(=O)NC1CC(c2ccccc2Cl)C1. The standard InChI is InChI=1S/C18H25ClN2O2/c1-18(2,23)16-8-5-9-21(16)17(22)20-13-10-12(11-13)14-6-3-4-7-15(14)19/h3-4,6-7,12-13,16,23H,5,8-11H2,1-2H3,(H,20,22). The lowest BCUT2D eigenvalue weighted by atomic mass is 9.76. The molecule has 2 aliphatic rings. The number of carbonyl (C=O) groups is 1. The topological polar surface area (TPSA) is 52.6 Å². The Balaban J connectivity index is 1.54. The number of urea groups is 1. The van der Waals surface area contributed by atoms with Crippen LogP contribution in [-0.4, -0.2) is 40.3 Å². The third-order valence-electron chi connectivity index (χ3n) is 5.14. The van der Waals surface area contributed by atoms with Gasteiger partial charge in [-0.05, 0) is 57.1 Å². The van der Waals surface area contributed by atoms with Crippen molar-refractivity contribution in [2.45, 2.75) is 63.1 Å². The van der Waals surface area contributed by atoms with E-state index in [-0.39, 0.29) is 18.1 Å². The molecule has 1 aromatic carbocycles. The average Bonchev–Trinajstić information content (AvgIpc) is 2.93. The molecule has 2 fully saturated rings. The first-order valence-electron chi connectivity index (χ1n) is 8.40. The summed E-state index contributed by atoms with van der Waals surface area (Å²) in [6, 6.07) is 7.99. The lowest BCUT2D eigenvalue weighted by Crippen LogP contribution is -2.55. The van der Waals surface area contributed by atoms with Crippen molar-refractivity contribution in [2.24, 2.45) is 0 Å². The summed E-state index contributed by atoms with van der Waals surface area (Å²) in [5.41, 5.74) is 0.322. The predicted octanol–water partition coefficient (Wildman–Crippen LogP) is 3.53. The highest BCUT2D eigenvalue weighted by Crippen LogP contribution is 2.40. The number of nitrogens with zero attached hydrogens (tertiary/aromatic N) is 1. The fraction of sp³-hybridized carbons (Fsp3) is 0.611. The van der Waals surface area contributed by atoms with Gasteiger partial charge in [0.05, 0.1) is 11.6 Å². The first kappa shape index (κ1) is 16.6.